The minimum atomic E-state index is -4.25. The maximum atomic E-state index is 11.8. The van der Waals surface area contributed by atoms with Crippen LogP contribution in [0.3, 0.4) is 0 Å². The Morgan fingerprint density at radius 3 is 2.08 bits per heavy atom. The van der Waals surface area contributed by atoms with Crippen LogP contribution in [0.4, 0.5) is 13.2 Å². The molecule has 1 nitrogen and oxygen atoms in total. The molecule has 0 saturated heterocycles. The van der Waals surface area contributed by atoms with Gasteiger partial charge in [0, 0.05) is 4.90 Å². The molecule has 0 unspecified atom stereocenters. The first-order chi connectivity index (χ1) is 6.01. The van der Waals surface area contributed by atoms with Crippen molar-refractivity contribution in [3.8, 4) is 0 Å². The summed E-state index contributed by atoms with van der Waals surface area (Å²) in [5.74, 6) is 0. The Labute approximate surface area is 77.6 Å². The van der Waals surface area contributed by atoms with E-state index in [4.69, 9.17) is 5.11 Å². The molecule has 0 amide bonds. The van der Waals surface area contributed by atoms with Crippen molar-refractivity contribution in [1.82, 2.24) is 0 Å². The van der Waals surface area contributed by atoms with E-state index in [0.717, 1.165) is 0 Å². The molecule has 72 valence electrons. The van der Waals surface area contributed by atoms with E-state index >= 15 is 0 Å². The molecule has 0 heterocycles. The minimum Gasteiger partial charge on any atom is -0.392 e. The number of aliphatic hydroxyl groups excluding tert-OH is 1. The fourth-order valence-corrected chi connectivity index (χ4v) is 1.34. The van der Waals surface area contributed by atoms with E-state index in [1.54, 1.807) is 0 Å². The van der Waals surface area contributed by atoms with Crippen LogP contribution in [0.2, 0.25) is 0 Å². The monoisotopic (exact) mass is 208 g/mol. The quantitative estimate of drug-likeness (QED) is 0.754. The molecule has 0 aliphatic carbocycles. The highest BCUT2D eigenvalue weighted by atomic mass is 32.2. The summed E-state index contributed by atoms with van der Waals surface area (Å²) in [5, 5.41) is 8.63. The number of halogens is 3. The lowest BCUT2D eigenvalue weighted by Gasteiger charge is -2.05. The molecule has 13 heavy (non-hydrogen) atoms. The van der Waals surface area contributed by atoms with Gasteiger partial charge in [0.05, 0.1) is 6.61 Å². The van der Waals surface area contributed by atoms with Crippen molar-refractivity contribution in [3.05, 3.63) is 29.8 Å². The molecular weight excluding hydrogens is 201 g/mol. The molecule has 0 bridgehead atoms. The number of rotatable bonds is 2. The molecule has 0 aromatic heterocycles. The van der Waals surface area contributed by atoms with Crippen LogP contribution in [-0.2, 0) is 6.61 Å². The third kappa shape index (κ3) is 3.69. The summed E-state index contributed by atoms with van der Waals surface area (Å²) in [6.45, 7) is -0.156. The Kier molecular flexibility index (Phi) is 3.22. The number of hydrogen-bond donors (Lipinski definition) is 1. The first-order valence-corrected chi connectivity index (χ1v) is 4.28. The van der Waals surface area contributed by atoms with Crippen molar-refractivity contribution >= 4 is 11.8 Å². The van der Waals surface area contributed by atoms with E-state index in [9.17, 15) is 13.2 Å². The van der Waals surface area contributed by atoms with Crippen LogP contribution in [0.25, 0.3) is 0 Å². The maximum absolute atomic E-state index is 11.8. The van der Waals surface area contributed by atoms with Crippen LogP contribution >= 0.6 is 11.8 Å². The van der Waals surface area contributed by atoms with E-state index in [1.807, 2.05) is 0 Å². The number of hydrogen-bond acceptors (Lipinski definition) is 2. The number of benzene rings is 1. The highest BCUT2D eigenvalue weighted by Gasteiger charge is 2.28. The Hall–Kier alpha value is -0.680. The predicted octanol–water partition coefficient (Wildman–Crippen LogP) is 2.79. The van der Waals surface area contributed by atoms with Gasteiger partial charge >= 0.3 is 5.51 Å². The molecule has 0 spiro atoms. The fourth-order valence-electron chi connectivity index (χ4n) is 0.797. The molecule has 0 saturated carbocycles. The fraction of sp³-hybridized carbons (Fsp3) is 0.250. The molecule has 1 aromatic rings. The lowest BCUT2D eigenvalue weighted by atomic mass is 10.2. The molecule has 0 radical (unpaired) electrons. The zero-order valence-electron chi connectivity index (χ0n) is 6.51. The summed E-state index contributed by atoms with van der Waals surface area (Å²) < 4.78 is 35.5. The predicted molar refractivity (Wildman–Crippen MR) is 44.3 cm³/mol. The molecule has 0 fully saturated rings. The molecular formula is C8H7F3OS. The second kappa shape index (κ2) is 4.02. The van der Waals surface area contributed by atoms with Gasteiger partial charge in [-0.1, -0.05) is 12.1 Å². The van der Waals surface area contributed by atoms with Gasteiger partial charge in [-0.25, -0.2) is 0 Å². The second-order valence-electron chi connectivity index (χ2n) is 2.35. The third-order valence-corrected chi connectivity index (χ3v) is 2.08. The van der Waals surface area contributed by atoms with Gasteiger partial charge in [0.1, 0.15) is 0 Å². The molecule has 1 N–H and O–H groups in total. The van der Waals surface area contributed by atoms with Crippen LogP contribution < -0.4 is 0 Å². The van der Waals surface area contributed by atoms with Gasteiger partial charge in [0.25, 0.3) is 0 Å². The SMILES string of the molecule is OCc1ccc(SC(F)(F)F)cc1. The molecule has 0 aliphatic rings. The van der Waals surface area contributed by atoms with E-state index in [1.165, 1.54) is 24.3 Å². The van der Waals surface area contributed by atoms with Crippen LogP contribution in [0.15, 0.2) is 29.2 Å². The summed E-state index contributed by atoms with van der Waals surface area (Å²) >= 11 is -0.162. The van der Waals surface area contributed by atoms with Crippen molar-refractivity contribution < 1.29 is 18.3 Å². The van der Waals surface area contributed by atoms with Gasteiger partial charge in [-0.05, 0) is 29.5 Å². The van der Waals surface area contributed by atoms with Crippen LogP contribution in [-0.4, -0.2) is 10.6 Å². The van der Waals surface area contributed by atoms with Gasteiger partial charge in [0.2, 0.25) is 0 Å². The topological polar surface area (TPSA) is 20.2 Å². The molecule has 1 rings (SSSR count). The van der Waals surface area contributed by atoms with Gasteiger partial charge in [-0.3, -0.25) is 0 Å². The normalized spacial score (nSPS) is 11.7. The largest absolute Gasteiger partial charge is 0.446 e. The highest BCUT2D eigenvalue weighted by molar-refractivity contribution is 8.00. The minimum absolute atomic E-state index is 0.129. The van der Waals surface area contributed by atoms with Crippen molar-refractivity contribution in [2.45, 2.75) is 17.0 Å². The van der Waals surface area contributed by atoms with E-state index in [0.29, 0.717) is 5.56 Å². The summed E-state index contributed by atoms with van der Waals surface area (Å²) in [6, 6.07) is 5.61. The first-order valence-electron chi connectivity index (χ1n) is 3.47. The van der Waals surface area contributed by atoms with Crippen LogP contribution in [0.1, 0.15) is 5.56 Å². The Balaban J connectivity index is 2.70. The zero-order valence-corrected chi connectivity index (χ0v) is 7.32. The lowest BCUT2D eigenvalue weighted by molar-refractivity contribution is -0.0328. The Morgan fingerprint density at radius 2 is 1.69 bits per heavy atom. The molecule has 1 aromatic carbocycles. The summed E-state index contributed by atoms with van der Waals surface area (Å²) in [7, 11) is 0. The Bertz CT molecular complexity index is 268. The number of thioether (sulfide) groups is 1. The highest BCUT2D eigenvalue weighted by Crippen LogP contribution is 2.36. The summed E-state index contributed by atoms with van der Waals surface area (Å²) in [5.41, 5.74) is -3.65. The van der Waals surface area contributed by atoms with Gasteiger partial charge in [-0.15, -0.1) is 0 Å². The van der Waals surface area contributed by atoms with Crippen molar-refractivity contribution in [1.29, 1.82) is 0 Å². The molecule has 0 atom stereocenters. The van der Waals surface area contributed by atoms with Gasteiger partial charge in [0.15, 0.2) is 0 Å². The van der Waals surface area contributed by atoms with E-state index in [-0.39, 0.29) is 23.3 Å². The summed E-state index contributed by atoms with van der Waals surface area (Å²) in [4.78, 5) is 0.129. The standard InChI is InChI=1S/C8H7F3OS/c9-8(10,11)13-7-3-1-6(5-12)2-4-7/h1-4,12H,5H2. The first kappa shape index (κ1) is 10.4. The maximum Gasteiger partial charge on any atom is 0.446 e. The Morgan fingerprint density at radius 1 is 1.15 bits per heavy atom. The van der Waals surface area contributed by atoms with E-state index in [2.05, 4.69) is 0 Å². The van der Waals surface area contributed by atoms with Crippen molar-refractivity contribution in [3.63, 3.8) is 0 Å². The molecule has 5 heteroatoms. The van der Waals surface area contributed by atoms with Crippen LogP contribution in [0.5, 0.6) is 0 Å². The van der Waals surface area contributed by atoms with Crippen molar-refractivity contribution in [2.24, 2.45) is 0 Å². The van der Waals surface area contributed by atoms with E-state index < -0.39 is 5.51 Å². The lowest BCUT2D eigenvalue weighted by Crippen LogP contribution is -1.98. The average Bonchev–Trinajstić information content (AvgIpc) is 2.03. The van der Waals surface area contributed by atoms with Crippen LogP contribution in [0, 0.1) is 0 Å². The summed E-state index contributed by atoms with van der Waals surface area (Å²) in [6.07, 6.45) is 0. The zero-order chi connectivity index (χ0) is 9.90. The third-order valence-electron chi connectivity index (χ3n) is 1.34. The van der Waals surface area contributed by atoms with Gasteiger partial charge in [-0.2, -0.15) is 13.2 Å². The number of alkyl halides is 3. The second-order valence-corrected chi connectivity index (χ2v) is 3.49. The molecule has 0 aliphatic heterocycles. The smallest absolute Gasteiger partial charge is 0.392 e. The van der Waals surface area contributed by atoms with Crippen molar-refractivity contribution in [2.75, 3.05) is 0 Å². The average molecular weight is 208 g/mol. The number of aliphatic hydroxyl groups is 1. The van der Waals surface area contributed by atoms with Gasteiger partial charge < -0.3 is 5.11 Å².